The first-order valence-corrected chi connectivity index (χ1v) is 8.73. The van der Waals surface area contributed by atoms with Crippen LogP contribution in [-0.4, -0.2) is 39.6 Å². The molecule has 0 bridgehead atoms. The Hall–Kier alpha value is -2.43. The largest absolute Gasteiger partial charge is 0.433 e. The van der Waals surface area contributed by atoms with E-state index in [-0.39, 0.29) is 17.2 Å². The molecule has 0 atom stereocenters. The lowest BCUT2D eigenvalue weighted by Gasteiger charge is -2.27. The monoisotopic (exact) mass is 402 g/mol. The molecule has 1 aliphatic rings. The van der Waals surface area contributed by atoms with E-state index in [1.807, 2.05) is 0 Å². The van der Waals surface area contributed by atoms with Crippen molar-refractivity contribution >= 4 is 5.95 Å². The molecule has 1 aliphatic heterocycles. The van der Waals surface area contributed by atoms with Gasteiger partial charge in [-0.15, -0.1) is 0 Å². The second-order valence-corrected chi connectivity index (χ2v) is 6.56. The average molecular weight is 402 g/mol. The number of piperidine rings is 1. The van der Waals surface area contributed by atoms with Gasteiger partial charge in [0.15, 0.2) is 0 Å². The number of hydrogen-bond acceptors (Lipinski definition) is 6. The molecule has 152 valence electrons. The highest BCUT2D eigenvalue weighted by atomic mass is 19.4. The van der Waals surface area contributed by atoms with Crippen LogP contribution in [-0.2, 0) is 12.1 Å². The molecule has 0 spiro atoms. The zero-order chi connectivity index (χ0) is 20.4. The van der Waals surface area contributed by atoms with E-state index >= 15 is 0 Å². The van der Waals surface area contributed by atoms with Gasteiger partial charge >= 0.3 is 6.18 Å². The molecule has 0 saturated carbocycles. The number of aromatic nitrogens is 4. The summed E-state index contributed by atoms with van der Waals surface area (Å²) in [6.45, 7) is 2.06. The van der Waals surface area contributed by atoms with Gasteiger partial charge in [-0.1, -0.05) is 0 Å². The Labute approximate surface area is 158 Å². The zero-order valence-corrected chi connectivity index (χ0v) is 15.0. The summed E-state index contributed by atoms with van der Waals surface area (Å²) in [5, 5.41) is 5.37. The SMILES string of the molecule is Cc1ncc(C(F)(F)CNc2nccc(C(F)(F)F)n2)c(C2CCNCC2)n1. The number of halogens is 5. The molecule has 0 radical (unpaired) electrons. The second-order valence-electron chi connectivity index (χ2n) is 6.56. The second kappa shape index (κ2) is 7.90. The van der Waals surface area contributed by atoms with Crippen molar-refractivity contribution in [3.05, 3.63) is 41.2 Å². The number of anilines is 1. The summed E-state index contributed by atoms with van der Waals surface area (Å²) < 4.78 is 67.9. The molecule has 1 fully saturated rings. The molecule has 3 heterocycles. The predicted molar refractivity (Wildman–Crippen MR) is 91.0 cm³/mol. The Morgan fingerprint density at radius 2 is 1.82 bits per heavy atom. The summed E-state index contributed by atoms with van der Waals surface area (Å²) in [5.41, 5.74) is -1.25. The summed E-state index contributed by atoms with van der Waals surface area (Å²) in [6, 6.07) is 0.673. The van der Waals surface area contributed by atoms with Crippen LogP contribution >= 0.6 is 0 Å². The van der Waals surface area contributed by atoms with Crippen molar-refractivity contribution in [2.75, 3.05) is 25.0 Å². The van der Waals surface area contributed by atoms with Crippen LogP contribution in [0.5, 0.6) is 0 Å². The topological polar surface area (TPSA) is 75.6 Å². The van der Waals surface area contributed by atoms with E-state index in [4.69, 9.17) is 0 Å². The number of rotatable bonds is 5. The van der Waals surface area contributed by atoms with Crippen molar-refractivity contribution in [2.45, 2.75) is 37.8 Å². The Morgan fingerprint density at radius 1 is 1.11 bits per heavy atom. The highest BCUT2D eigenvalue weighted by Crippen LogP contribution is 2.36. The summed E-state index contributed by atoms with van der Waals surface area (Å²) >= 11 is 0. The van der Waals surface area contributed by atoms with E-state index < -0.39 is 30.3 Å². The highest BCUT2D eigenvalue weighted by Gasteiger charge is 2.38. The molecule has 2 aromatic heterocycles. The summed E-state index contributed by atoms with van der Waals surface area (Å²) in [5.74, 6) is -3.67. The molecule has 1 saturated heterocycles. The molecule has 28 heavy (non-hydrogen) atoms. The fourth-order valence-electron chi connectivity index (χ4n) is 3.06. The van der Waals surface area contributed by atoms with E-state index in [0.717, 1.165) is 12.4 Å². The van der Waals surface area contributed by atoms with Crippen molar-refractivity contribution in [2.24, 2.45) is 0 Å². The molecule has 0 aromatic carbocycles. The minimum atomic E-state index is -4.69. The lowest BCUT2D eigenvalue weighted by Crippen LogP contribution is -2.32. The van der Waals surface area contributed by atoms with E-state index in [1.54, 1.807) is 6.92 Å². The van der Waals surface area contributed by atoms with E-state index in [0.29, 0.717) is 37.8 Å². The lowest BCUT2D eigenvalue weighted by molar-refractivity contribution is -0.141. The van der Waals surface area contributed by atoms with Crippen LogP contribution in [0.2, 0.25) is 0 Å². The summed E-state index contributed by atoms with van der Waals surface area (Å²) in [7, 11) is 0. The van der Waals surface area contributed by atoms with Gasteiger partial charge in [0.1, 0.15) is 11.5 Å². The van der Waals surface area contributed by atoms with Crippen molar-refractivity contribution in [1.29, 1.82) is 0 Å². The van der Waals surface area contributed by atoms with Crippen molar-refractivity contribution in [3.63, 3.8) is 0 Å². The minimum Gasteiger partial charge on any atom is -0.348 e. The molecule has 0 amide bonds. The number of nitrogens with one attached hydrogen (secondary N) is 2. The maximum atomic E-state index is 14.9. The van der Waals surface area contributed by atoms with E-state index in [2.05, 4.69) is 30.6 Å². The number of aryl methyl sites for hydroxylation is 1. The standard InChI is InChI=1S/C17H19F5N6/c1-10-25-8-12(14(27-10)11-2-5-23-6-3-11)16(18,19)9-26-15-24-7-4-13(28-15)17(20,21)22/h4,7-8,11,23H,2-3,5-6,9H2,1H3,(H,24,26,28). The molecule has 2 aromatic rings. The fourth-order valence-corrected chi connectivity index (χ4v) is 3.06. The third kappa shape index (κ3) is 4.70. The number of nitrogens with zero attached hydrogens (tertiary/aromatic N) is 4. The van der Waals surface area contributed by atoms with Gasteiger partial charge in [0.25, 0.3) is 5.92 Å². The molecular formula is C17H19F5N6. The maximum Gasteiger partial charge on any atom is 0.433 e. The van der Waals surface area contributed by atoms with Crippen LogP contribution < -0.4 is 10.6 Å². The third-order valence-electron chi connectivity index (χ3n) is 4.47. The highest BCUT2D eigenvalue weighted by molar-refractivity contribution is 5.31. The summed E-state index contributed by atoms with van der Waals surface area (Å²) in [4.78, 5) is 15.0. The Balaban J connectivity index is 1.81. The molecule has 6 nitrogen and oxygen atoms in total. The van der Waals surface area contributed by atoms with Crippen LogP contribution in [0, 0.1) is 6.92 Å². The quantitative estimate of drug-likeness (QED) is 0.748. The van der Waals surface area contributed by atoms with Gasteiger partial charge in [-0.3, -0.25) is 0 Å². The molecule has 11 heteroatoms. The third-order valence-corrected chi connectivity index (χ3v) is 4.47. The van der Waals surface area contributed by atoms with Crippen LogP contribution in [0.25, 0.3) is 0 Å². The van der Waals surface area contributed by atoms with Crippen LogP contribution in [0.15, 0.2) is 18.5 Å². The minimum absolute atomic E-state index is 0.131. The molecule has 2 N–H and O–H groups in total. The lowest BCUT2D eigenvalue weighted by atomic mass is 9.90. The van der Waals surface area contributed by atoms with Gasteiger partial charge in [0.2, 0.25) is 5.95 Å². The number of alkyl halides is 5. The van der Waals surface area contributed by atoms with Gasteiger partial charge in [-0.25, -0.2) is 19.9 Å². The maximum absolute atomic E-state index is 14.9. The van der Waals surface area contributed by atoms with Gasteiger partial charge < -0.3 is 10.6 Å². The first-order valence-electron chi connectivity index (χ1n) is 8.73. The fraction of sp³-hybridized carbons (Fsp3) is 0.529. The molecule has 0 unspecified atom stereocenters. The van der Waals surface area contributed by atoms with E-state index in [1.165, 1.54) is 0 Å². The molecule has 0 aliphatic carbocycles. The smallest absolute Gasteiger partial charge is 0.348 e. The van der Waals surface area contributed by atoms with Gasteiger partial charge in [-0.2, -0.15) is 22.0 Å². The zero-order valence-electron chi connectivity index (χ0n) is 15.0. The Morgan fingerprint density at radius 3 is 2.50 bits per heavy atom. The predicted octanol–water partition coefficient (Wildman–Crippen LogP) is 3.26. The van der Waals surface area contributed by atoms with Crippen LogP contribution in [0.1, 0.15) is 41.5 Å². The van der Waals surface area contributed by atoms with Crippen molar-refractivity contribution in [1.82, 2.24) is 25.3 Å². The van der Waals surface area contributed by atoms with Crippen LogP contribution in [0.4, 0.5) is 27.9 Å². The van der Waals surface area contributed by atoms with Gasteiger partial charge in [0.05, 0.1) is 17.8 Å². The molecular weight excluding hydrogens is 383 g/mol. The first kappa shape index (κ1) is 20.3. The van der Waals surface area contributed by atoms with Gasteiger partial charge in [-0.05, 0) is 38.9 Å². The van der Waals surface area contributed by atoms with Gasteiger partial charge in [0, 0.05) is 18.3 Å². The molecule has 3 rings (SSSR count). The Kier molecular flexibility index (Phi) is 5.73. The summed E-state index contributed by atoms with van der Waals surface area (Å²) in [6.07, 6.45) is -1.39. The normalized spacial score (nSPS) is 16.2. The van der Waals surface area contributed by atoms with Crippen molar-refractivity contribution in [3.8, 4) is 0 Å². The van der Waals surface area contributed by atoms with Crippen LogP contribution in [0.3, 0.4) is 0 Å². The number of hydrogen-bond donors (Lipinski definition) is 2. The van der Waals surface area contributed by atoms with E-state index in [9.17, 15) is 22.0 Å². The first-order chi connectivity index (χ1) is 13.2. The van der Waals surface area contributed by atoms with Crippen molar-refractivity contribution < 1.29 is 22.0 Å². The Bertz CT molecular complexity index is 820. The average Bonchev–Trinajstić information content (AvgIpc) is 2.66.